The Hall–Kier alpha value is -1.67. The van der Waals surface area contributed by atoms with Crippen molar-refractivity contribution >= 4 is 19.8 Å². The Morgan fingerprint density at radius 3 is 1.19 bits per heavy atom. The van der Waals surface area contributed by atoms with E-state index in [1.165, 1.54) is 173 Å². The molecule has 406 valence electrons. The fourth-order valence-electron chi connectivity index (χ4n) is 8.78. The zero-order valence-electron chi connectivity index (χ0n) is 43.6. The maximum Gasteiger partial charge on any atom is 0.472 e. The van der Waals surface area contributed by atoms with Crippen LogP contribution in [0.1, 0.15) is 258 Å². The standard InChI is InChI=1S/C55H103O13P/c1-3-5-7-9-11-13-15-17-19-21-22-23-24-25-26-28-30-32-34-36-38-40-42-44-49(57)67-47(46-66-69(63,64)68-55-53(61)51(59)50(58)52(60)54(55)62)45-65-48(56)43-41-39-37-35-33-31-29-27-20-18-16-14-12-10-8-6-4-2/h28,30,36,38,47,50-55,58-62H,3-27,29,31-35,37,39-46H2,1-2H3,(H,63,64)/b30-28+,38-36+/t47-,50?,51-,52?,53?,54?,55?/m1/s1. The molecule has 1 aliphatic carbocycles. The summed E-state index contributed by atoms with van der Waals surface area (Å²) in [6.07, 6.45) is 39.5. The maximum atomic E-state index is 12.9. The minimum atomic E-state index is -5.13. The Bertz CT molecular complexity index is 1300. The number of phosphoric ester groups is 1. The van der Waals surface area contributed by atoms with Crippen LogP contribution in [-0.4, -0.2) is 98.3 Å². The number of unbranched alkanes of at least 4 members (excludes halogenated alkanes) is 32. The van der Waals surface area contributed by atoms with E-state index in [4.69, 9.17) is 18.5 Å². The van der Waals surface area contributed by atoms with Gasteiger partial charge < -0.3 is 39.9 Å². The molecule has 0 aliphatic heterocycles. The lowest BCUT2D eigenvalue weighted by Gasteiger charge is -2.41. The molecule has 0 radical (unpaired) electrons. The van der Waals surface area contributed by atoms with Crippen LogP contribution in [-0.2, 0) is 32.7 Å². The van der Waals surface area contributed by atoms with E-state index < -0.39 is 75.7 Å². The van der Waals surface area contributed by atoms with Crippen LogP contribution in [0.25, 0.3) is 0 Å². The molecule has 0 heterocycles. The molecule has 1 aliphatic rings. The van der Waals surface area contributed by atoms with Gasteiger partial charge in [-0.15, -0.1) is 0 Å². The van der Waals surface area contributed by atoms with Gasteiger partial charge >= 0.3 is 19.8 Å². The van der Waals surface area contributed by atoms with E-state index in [0.717, 1.165) is 38.5 Å². The Kier molecular flexibility index (Phi) is 42.6. The molecule has 0 amide bonds. The molecule has 6 N–H and O–H groups in total. The third-order valence-corrected chi connectivity index (χ3v) is 14.3. The van der Waals surface area contributed by atoms with Crippen molar-refractivity contribution in [3.05, 3.63) is 24.3 Å². The molecular formula is C55H103O13P. The van der Waals surface area contributed by atoms with Crippen molar-refractivity contribution in [1.82, 2.24) is 0 Å². The number of rotatable bonds is 48. The summed E-state index contributed by atoms with van der Waals surface area (Å²) >= 11 is 0. The predicted octanol–water partition coefficient (Wildman–Crippen LogP) is 12.7. The molecule has 0 aromatic heterocycles. The molecule has 1 saturated carbocycles. The van der Waals surface area contributed by atoms with Crippen LogP contribution in [0.2, 0.25) is 0 Å². The molecule has 8 atom stereocenters. The Morgan fingerprint density at radius 2 is 0.768 bits per heavy atom. The summed E-state index contributed by atoms with van der Waals surface area (Å²) in [6.45, 7) is 3.33. The lowest BCUT2D eigenvalue weighted by molar-refractivity contribution is -0.220. The smallest absolute Gasteiger partial charge is 0.462 e. The molecular weight excluding hydrogens is 900 g/mol. The van der Waals surface area contributed by atoms with E-state index >= 15 is 0 Å². The molecule has 69 heavy (non-hydrogen) atoms. The number of phosphoric acid groups is 1. The first-order valence-corrected chi connectivity index (χ1v) is 29.6. The van der Waals surface area contributed by atoms with Gasteiger partial charge in [0.25, 0.3) is 0 Å². The minimum absolute atomic E-state index is 0.0407. The summed E-state index contributed by atoms with van der Waals surface area (Å²) in [5, 5.41) is 50.3. The Labute approximate surface area is 419 Å². The number of aliphatic hydroxyl groups excluding tert-OH is 5. The third kappa shape index (κ3) is 36.8. The highest BCUT2D eigenvalue weighted by Crippen LogP contribution is 2.47. The summed E-state index contributed by atoms with van der Waals surface area (Å²) < 4.78 is 33.7. The van der Waals surface area contributed by atoms with Crippen molar-refractivity contribution in [2.45, 2.75) is 301 Å². The summed E-state index contributed by atoms with van der Waals surface area (Å²) in [5.74, 6) is -1.13. The Balaban J connectivity index is 2.37. The second-order valence-electron chi connectivity index (χ2n) is 19.8. The minimum Gasteiger partial charge on any atom is -0.462 e. The SMILES string of the molecule is CCCCCCCCCCCCCCCC/C=C/CC/C=C/CCCC(=O)O[C@H](COC(=O)CCCCCCCCCCCCCCCCCCC)COP(=O)(O)OC1C(O)C(O)C(O)[C@@H](O)C1O. The average Bonchev–Trinajstić information content (AvgIpc) is 3.33. The normalized spacial score (nSPS) is 21.0. The lowest BCUT2D eigenvalue weighted by atomic mass is 9.85. The molecule has 0 bridgehead atoms. The highest BCUT2D eigenvalue weighted by Gasteiger charge is 2.51. The van der Waals surface area contributed by atoms with Crippen LogP contribution in [0.15, 0.2) is 24.3 Å². The van der Waals surface area contributed by atoms with E-state index in [1.807, 2.05) is 6.08 Å². The second-order valence-corrected chi connectivity index (χ2v) is 21.2. The van der Waals surface area contributed by atoms with Crippen LogP contribution in [0.5, 0.6) is 0 Å². The van der Waals surface area contributed by atoms with E-state index in [-0.39, 0.29) is 12.8 Å². The van der Waals surface area contributed by atoms with E-state index in [0.29, 0.717) is 19.3 Å². The first kappa shape index (κ1) is 65.3. The van der Waals surface area contributed by atoms with Crippen LogP contribution in [0.3, 0.4) is 0 Å². The number of hydrogen-bond acceptors (Lipinski definition) is 12. The van der Waals surface area contributed by atoms with Crippen molar-refractivity contribution in [2.75, 3.05) is 13.2 Å². The summed E-state index contributed by atoms with van der Waals surface area (Å²) in [4.78, 5) is 35.9. The maximum absolute atomic E-state index is 12.9. The van der Waals surface area contributed by atoms with Crippen LogP contribution in [0, 0.1) is 0 Å². The van der Waals surface area contributed by atoms with Gasteiger partial charge in [-0.1, -0.05) is 224 Å². The number of hydrogen-bond donors (Lipinski definition) is 6. The first-order valence-electron chi connectivity index (χ1n) is 28.1. The number of aliphatic hydroxyl groups is 5. The van der Waals surface area contributed by atoms with Crippen molar-refractivity contribution in [1.29, 1.82) is 0 Å². The van der Waals surface area contributed by atoms with Crippen molar-refractivity contribution in [2.24, 2.45) is 0 Å². The topological polar surface area (TPSA) is 210 Å². The number of allylic oxidation sites excluding steroid dienone is 4. The van der Waals surface area contributed by atoms with E-state index in [9.17, 15) is 44.6 Å². The van der Waals surface area contributed by atoms with Gasteiger partial charge in [0.05, 0.1) is 6.61 Å². The van der Waals surface area contributed by atoms with Gasteiger partial charge in [-0.05, 0) is 44.9 Å². The molecule has 13 nitrogen and oxygen atoms in total. The fraction of sp³-hybridized carbons (Fsp3) is 0.891. The summed E-state index contributed by atoms with van der Waals surface area (Å²) in [5.41, 5.74) is 0. The predicted molar refractivity (Wildman–Crippen MR) is 277 cm³/mol. The van der Waals surface area contributed by atoms with Crippen LogP contribution >= 0.6 is 7.82 Å². The zero-order chi connectivity index (χ0) is 50.6. The molecule has 14 heteroatoms. The molecule has 0 spiro atoms. The van der Waals surface area contributed by atoms with E-state index in [2.05, 4.69) is 32.1 Å². The number of ether oxygens (including phenoxy) is 2. The highest BCUT2D eigenvalue weighted by molar-refractivity contribution is 7.47. The molecule has 0 aromatic carbocycles. The lowest BCUT2D eigenvalue weighted by Crippen LogP contribution is -2.64. The van der Waals surface area contributed by atoms with Gasteiger partial charge in [0.2, 0.25) is 0 Å². The molecule has 1 fully saturated rings. The van der Waals surface area contributed by atoms with Gasteiger partial charge in [-0.3, -0.25) is 18.6 Å². The number of esters is 2. The number of carbonyl (C=O) groups excluding carboxylic acids is 2. The van der Waals surface area contributed by atoms with Crippen molar-refractivity contribution in [3.63, 3.8) is 0 Å². The van der Waals surface area contributed by atoms with E-state index in [1.54, 1.807) is 0 Å². The van der Waals surface area contributed by atoms with Gasteiger partial charge in [-0.2, -0.15) is 0 Å². The molecule has 1 rings (SSSR count). The average molecular weight is 1000 g/mol. The van der Waals surface area contributed by atoms with Gasteiger partial charge in [-0.25, -0.2) is 4.57 Å². The molecule has 0 saturated heterocycles. The van der Waals surface area contributed by atoms with Gasteiger partial charge in [0, 0.05) is 12.8 Å². The highest BCUT2D eigenvalue weighted by atomic mass is 31.2. The first-order chi connectivity index (χ1) is 33.4. The summed E-state index contributed by atoms with van der Waals surface area (Å²) in [7, 11) is -5.13. The van der Waals surface area contributed by atoms with Crippen LogP contribution in [0.4, 0.5) is 0 Å². The summed E-state index contributed by atoms with van der Waals surface area (Å²) in [6, 6.07) is 0. The monoisotopic (exact) mass is 1000 g/mol. The van der Waals surface area contributed by atoms with Crippen molar-refractivity contribution in [3.8, 4) is 0 Å². The molecule has 0 aromatic rings. The molecule has 6 unspecified atom stereocenters. The Morgan fingerprint density at radius 1 is 0.435 bits per heavy atom. The largest absolute Gasteiger partial charge is 0.472 e. The van der Waals surface area contributed by atoms with Gasteiger partial charge in [0.1, 0.15) is 43.2 Å². The quantitative estimate of drug-likeness (QED) is 0.0145. The zero-order valence-corrected chi connectivity index (χ0v) is 44.5. The van der Waals surface area contributed by atoms with Crippen molar-refractivity contribution < 1.29 is 63.1 Å². The second kappa shape index (κ2) is 45.0. The fourth-order valence-corrected chi connectivity index (χ4v) is 9.75. The number of carbonyl (C=O) groups is 2. The van der Waals surface area contributed by atoms with Gasteiger partial charge in [0.15, 0.2) is 6.10 Å². The third-order valence-electron chi connectivity index (χ3n) is 13.3. The van der Waals surface area contributed by atoms with Crippen LogP contribution < -0.4 is 0 Å².